The molecule has 0 saturated heterocycles. The fourth-order valence-electron chi connectivity index (χ4n) is 2.23. The van der Waals surface area contributed by atoms with Gasteiger partial charge in [0.1, 0.15) is 5.69 Å². The normalized spacial score (nSPS) is 10.6. The molecule has 0 aliphatic carbocycles. The van der Waals surface area contributed by atoms with Crippen molar-refractivity contribution in [1.82, 2.24) is 14.8 Å². The van der Waals surface area contributed by atoms with Crippen molar-refractivity contribution < 1.29 is 4.79 Å². The van der Waals surface area contributed by atoms with Gasteiger partial charge in [0, 0.05) is 35.0 Å². The molecule has 7 heteroatoms. The molecule has 114 valence electrons. The summed E-state index contributed by atoms with van der Waals surface area (Å²) < 4.78 is 1.83. The lowest BCUT2D eigenvalue weighted by molar-refractivity contribution is 0.0987. The number of carbonyl (C=O) groups excluding carboxylic acids is 1. The number of pyridine rings is 1. The number of hydrogen-bond acceptors (Lipinski definition) is 4. The predicted molar refractivity (Wildman–Crippen MR) is 83.2 cm³/mol. The van der Waals surface area contributed by atoms with Crippen molar-refractivity contribution in [2.75, 3.05) is 0 Å². The smallest absolute Gasteiger partial charge is 0.187 e. The minimum Gasteiger partial charge on any atom is -0.292 e. The first-order valence-corrected chi connectivity index (χ1v) is 7.02. The first-order chi connectivity index (χ1) is 10.4. The van der Waals surface area contributed by atoms with E-state index in [0.717, 1.165) is 5.69 Å². The van der Waals surface area contributed by atoms with Crippen LogP contribution in [-0.2, 0) is 6.42 Å². The zero-order valence-electron chi connectivity index (χ0n) is 13.1. The van der Waals surface area contributed by atoms with Crippen molar-refractivity contribution in [2.24, 2.45) is 5.11 Å². The van der Waals surface area contributed by atoms with Gasteiger partial charge >= 0.3 is 0 Å². The van der Waals surface area contributed by atoms with E-state index in [9.17, 15) is 4.79 Å². The van der Waals surface area contributed by atoms with Gasteiger partial charge in [0.15, 0.2) is 5.78 Å². The zero-order valence-corrected chi connectivity index (χ0v) is 13.1. The zero-order chi connectivity index (χ0) is 16.3. The molecule has 2 aromatic rings. The maximum Gasteiger partial charge on any atom is 0.187 e. The van der Waals surface area contributed by atoms with Gasteiger partial charge in [-0.05, 0) is 50.9 Å². The summed E-state index contributed by atoms with van der Waals surface area (Å²) in [4.78, 5) is 19.3. The Morgan fingerprint density at radius 2 is 2.14 bits per heavy atom. The Labute approximate surface area is 128 Å². The molecule has 0 spiro atoms. The Morgan fingerprint density at radius 3 is 2.73 bits per heavy atom. The standard InChI is InChI=1S/C15H18N6O/c1-9(2)21-10(3)5-14(19-21)15(22)7-12-6-13(18-20-16)11(4)17-8-12/h5-6,8-9H,7H2,1-4H3. The van der Waals surface area contributed by atoms with Crippen LogP contribution in [0.5, 0.6) is 0 Å². The highest BCUT2D eigenvalue weighted by Crippen LogP contribution is 2.19. The van der Waals surface area contributed by atoms with Gasteiger partial charge in [0.05, 0.1) is 5.69 Å². The lowest BCUT2D eigenvalue weighted by Gasteiger charge is -2.07. The average molecular weight is 298 g/mol. The van der Waals surface area contributed by atoms with Gasteiger partial charge in [-0.2, -0.15) is 5.10 Å². The van der Waals surface area contributed by atoms with Crippen LogP contribution in [0.3, 0.4) is 0 Å². The van der Waals surface area contributed by atoms with Crippen molar-refractivity contribution >= 4 is 11.5 Å². The molecule has 0 N–H and O–H groups in total. The van der Waals surface area contributed by atoms with E-state index in [1.54, 1.807) is 25.3 Å². The number of rotatable bonds is 5. The summed E-state index contributed by atoms with van der Waals surface area (Å²) in [5.74, 6) is -0.0833. The summed E-state index contributed by atoms with van der Waals surface area (Å²) in [6, 6.07) is 3.68. The van der Waals surface area contributed by atoms with Gasteiger partial charge in [-0.3, -0.25) is 14.5 Å². The van der Waals surface area contributed by atoms with Crippen LogP contribution in [0.1, 0.15) is 47.3 Å². The van der Waals surface area contributed by atoms with Crippen LogP contribution < -0.4 is 0 Å². The first-order valence-electron chi connectivity index (χ1n) is 7.02. The van der Waals surface area contributed by atoms with Crippen LogP contribution in [0.25, 0.3) is 10.4 Å². The van der Waals surface area contributed by atoms with E-state index >= 15 is 0 Å². The Balaban J connectivity index is 2.24. The summed E-state index contributed by atoms with van der Waals surface area (Å²) in [6.07, 6.45) is 1.80. The third-order valence-electron chi connectivity index (χ3n) is 3.33. The van der Waals surface area contributed by atoms with E-state index in [2.05, 4.69) is 20.1 Å². The lowest BCUT2D eigenvalue weighted by atomic mass is 10.1. The van der Waals surface area contributed by atoms with Gasteiger partial charge in [-0.15, -0.1) is 0 Å². The largest absolute Gasteiger partial charge is 0.292 e. The molecule has 0 radical (unpaired) electrons. The Bertz CT molecular complexity index is 755. The minimum atomic E-state index is -0.0833. The quantitative estimate of drug-likeness (QED) is 0.363. The molecule has 0 saturated carbocycles. The van der Waals surface area contributed by atoms with Gasteiger partial charge in [-0.25, -0.2) is 0 Å². The van der Waals surface area contributed by atoms with E-state index in [-0.39, 0.29) is 18.2 Å². The highest BCUT2D eigenvalue weighted by molar-refractivity contribution is 5.95. The summed E-state index contributed by atoms with van der Waals surface area (Å²) in [5.41, 5.74) is 11.7. The number of aryl methyl sites for hydroxylation is 2. The lowest BCUT2D eigenvalue weighted by Crippen LogP contribution is -2.08. The van der Waals surface area contributed by atoms with Crippen LogP contribution in [-0.4, -0.2) is 20.5 Å². The van der Waals surface area contributed by atoms with Crippen molar-refractivity contribution in [3.05, 3.63) is 51.4 Å². The fraction of sp³-hybridized carbons (Fsp3) is 0.400. The number of ketones is 1. The van der Waals surface area contributed by atoms with E-state index in [1.165, 1.54) is 0 Å². The topological polar surface area (TPSA) is 96.5 Å². The number of Topliss-reactive ketones (excluding diaryl/α,β-unsaturated/α-hetero) is 1. The SMILES string of the molecule is Cc1ncc(CC(=O)c2cc(C)n(C(C)C)n2)cc1N=[N+]=[N-]. The molecule has 0 aliphatic heterocycles. The molecule has 0 fully saturated rings. The Kier molecular flexibility index (Phi) is 4.58. The van der Waals surface area contributed by atoms with Gasteiger partial charge in [0.2, 0.25) is 0 Å². The van der Waals surface area contributed by atoms with Crippen molar-refractivity contribution in [2.45, 2.75) is 40.2 Å². The van der Waals surface area contributed by atoms with E-state index < -0.39 is 0 Å². The second kappa shape index (κ2) is 6.41. The first kappa shape index (κ1) is 15.7. The van der Waals surface area contributed by atoms with E-state index in [4.69, 9.17) is 5.53 Å². The molecule has 22 heavy (non-hydrogen) atoms. The molecule has 0 atom stereocenters. The molecule has 0 unspecified atom stereocenters. The summed E-state index contributed by atoms with van der Waals surface area (Å²) >= 11 is 0. The molecule has 0 aromatic carbocycles. The Hall–Kier alpha value is -2.66. The van der Waals surface area contributed by atoms with Gasteiger partial charge in [0.25, 0.3) is 0 Å². The summed E-state index contributed by atoms with van der Waals surface area (Å²) in [5, 5.41) is 7.92. The van der Waals surface area contributed by atoms with Crippen LogP contribution in [0, 0.1) is 13.8 Å². The number of aromatic nitrogens is 3. The number of hydrogen-bond donors (Lipinski definition) is 0. The Morgan fingerprint density at radius 1 is 1.41 bits per heavy atom. The van der Waals surface area contributed by atoms with Gasteiger partial charge < -0.3 is 0 Å². The highest BCUT2D eigenvalue weighted by Gasteiger charge is 2.15. The third kappa shape index (κ3) is 3.32. The number of carbonyl (C=O) groups is 1. The molecule has 2 heterocycles. The van der Waals surface area contributed by atoms with Crippen LogP contribution >= 0.6 is 0 Å². The number of azide groups is 1. The molecule has 7 nitrogen and oxygen atoms in total. The van der Waals surface area contributed by atoms with E-state index in [1.807, 2.05) is 25.5 Å². The maximum atomic E-state index is 12.3. The monoisotopic (exact) mass is 298 g/mol. The molecule has 2 aromatic heterocycles. The van der Waals surface area contributed by atoms with Crippen LogP contribution in [0.4, 0.5) is 5.69 Å². The average Bonchev–Trinajstić information content (AvgIpc) is 2.85. The van der Waals surface area contributed by atoms with Gasteiger partial charge in [-0.1, -0.05) is 5.11 Å². The van der Waals surface area contributed by atoms with Crippen molar-refractivity contribution in [3.63, 3.8) is 0 Å². The van der Waals surface area contributed by atoms with E-state index in [0.29, 0.717) is 22.6 Å². The fourth-order valence-corrected chi connectivity index (χ4v) is 2.23. The molecular formula is C15H18N6O. The molecule has 0 bridgehead atoms. The van der Waals surface area contributed by atoms with Crippen molar-refractivity contribution in [1.29, 1.82) is 0 Å². The summed E-state index contributed by atoms with van der Waals surface area (Å²) in [6.45, 7) is 7.72. The second-order valence-corrected chi connectivity index (χ2v) is 5.45. The van der Waals surface area contributed by atoms with Crippen LogP contribution in [0.2, 0.25) is 0 Å². The number of nitrogens with zero attached hydrogens (tertiary/aromatic N) is 6. The molecule has 0 amide bonds. The molecular weight excluding hydrogens is 280 g/mol. The highest BCUT2D eigenvalue weighted by atomic mass is 16.1. The van der Waals surface area contributed by atoms with Crippen LogP contribution in [0.15, 0.2) is 23.4 Å². The maximum absolute atomic E-state index is 12.3. The minimum absolute atomic E-state index is 0.0833. The molecule has 2 rings (SSSR count). The van der Waals surface area contributed by atoms with Crippen molar-refractivity contribution in [3.8, 4) is 0 Å². The third-order valence-corrected chi connectivity index (χ3v) is 3.33. The predicted octanol–water partition coefficient (Wildman–Crippen LogP) is 3.84. The second-order valence-electron chi connectivity index (χ2n) is 5.45. The summed E-state index contributed by atoms with van der Waals surface area (Å²) in [7, 11) is 0. The molecule has 0 aliphatic rings.